The Balaban J connectivity index is 2.06. The van der Waals surface area contributed by atoms with Gasteiger partial charge in [-0.15, -0.1) is 0 Å². The molecule has 1 amide bonds. The molecule has 2 aromatic carbocycles. The maximum absolute atomic E-state index is 12.2. The average molecular weight is 390 g/mol. The molecule has 0 aliphatic carbocycles. The van der Waals surface area contributed by atoms with E-state index in [1.54, 1.807) is 24.3 Å². The molecule has 6 heteroatoms. The third-order valence-corrected chi connectivity index (χ3v) is 4.40. The monoisotopic (exact) mass is 389 g/mol. The second-order valence-electron chi connectivity index (χ2n) is 7.31. The van der Waals surface area contributed by atoms with Gasteiger partial charge in [0.25, 0.3) is 5.91 Å². The Morgan fingerprint density at radius 1 is 1.11 bits per heavy atom. The van der Waals surface area contributed by atoms with Gasteiger partial charge in [0.05, 0.1) is 17.5 Å². The molecule has 27 heavy (non-hydrogen) atoms. The van der Waals surface area contributed by atoms with Gasteiger partial charge >= 0.3 is 5.97 Å². The highest BCUT2D eigenvalue weighted by molar-refractivity contribution is 6.32. The molecule has 144 valence electrons. The fourth-order valence-corrected chi connectivity index (χ4v) is 2.77. The van der Waals surface area contributed by atoms with Crippen molar-refractivity contribution < 1.29 is 19.4 Å². The Morgan fingerprint density at radius 2 is 1.74 bits per heavy atom. The number of benzene rings is 2. The van der Waals surface area contributed by atoms with Crippen LogP contribution in [0.15, 0.2) is 48.5 Å². The Hall–Kier alpha value is -2.53. The third kappa shape index (κ3) is 6.29. The topological polar surface area (TPSA) is 75.6 Å². The summed E-state index contributed by atoms with van der Waals surface area (Å²) >= 11 is 6.00. The van der Waals surface area contributed by atoms with Crippen molar-refractivity contribution in [1.29, 1.82) is 0 Å². The van der Waals surface area contributed by atoms with E-state index in [0.717, 1.165) is 11.1 Å². The first-order valence-electron chi connectivity index (χ1n) is 8.66. The Labute approximate surface area is 164 Å². The molecule has 0 aliphatic rings. The lowest BCUT2D eigenvalue weighted by atomic mass is 9.86. The lowest BCUT2D eigenvalue weighted by Gasteiger charge is -2.22. The summed E-state index contributed by atoms with van der Waals surface area (Å²) < 4.78 is 5.41. The number of carbonyl (C=O) groups excluding carboxylic acids is 1. The number of para-hydroxylation sites is 1. The highest BCUT2D eigenvalue weighted by Gasteiger charge is 2.20. The standard InChI is InChI=1S/C21H24ClNO4/c1-21(2,3)15-10-8-14(9-11-15)17(12-20(25)26)23-19(24)13-27-18-7-5-4-6-16(18)22/h4-11,17H,12-13H2,1-3H3,(H,23,24)(H,25,26). The van der Waals surface area contributed by atoms with Crippen molar-refractivity contribution in [2.75, 3.05) is 6.61 Å². The number of ether oxygens (including phenoxy) is 1. The van der Waals surface area contributed by atoms with Crippen LogP contribution in [-0.2, 0) is 15.0 Å². The molecule has 0 heterocycles. The molecule has 2 rings (SSSR count). The summed E-state index contributed by atoms with van der Waals surface area (Å²) in [4.78, 5) is 23.5. The maximum Gasteiger partial charge on any atom is 0.305 e. The van der Waals surface area contributed by atoms with E-state index in [-0.39, 0.29) is 18.4 Å². The van der Waals surface area contributed by atoms with Gasteiger partial charge in [-0.2, -0.15) is 0 Å². The van der Waals surface area contributed by atoms with E-state index in [0.29, 0.717) is 10.8 Å². The largest absolute Gasteiger partial charge is 0.482 e. The molecule has 0 saturated heterocycles. The summed E-state index contributed by atoms with van der Waals surface area (Å²) in [5, 5.41) is 12.3. The van der Waals surface area contributed by atoms with Crippen LogP contribution in [0.1, 0.15) is 44.4 Å². The highest BCUT2D eigenvalue weighted by Crippen LogP contribution is 2.25. The van der Waals surface area contributed by atoms with E-state index in [1.165, 1.54) is 0 Å². The molecule has 0 aromatic heterocycles. The molecule has 1 unspecified atom stereocenters. The molecule has 0 fully saturated rings. The van der Waals surface area contributed by atoms with Gasteiger partial charge in [-0.25, -0.2) is 0 Å². The fraction of sp³-hybridized carbons (Fsp3) is 0.333. The number of carboxylic acid groups (broad SMARTS) is 1. The summed E-state index contributed by atoms with van der Waals surface area (Å²) in [6, 6.07) is 13.8. The number of carboxylic acids is 1. The van der Waals surface area contributed by atoms with Crippen molar-refractivity contribution in [1.82, 2.24) is 5.32 Å². The minimum atomic E-state index is -0.993. The molecular weight excluding hydrogens is 366 g/mol. The van der Waals surface area contributed by atoms with Crippen LogP contribution in [0.5, 0.6) is 5.75 Å². The van der Waals surface area contributed by atoms with Gasteiger partial charge in [0.15, 0.2) is 6.61 Å². The van der Waals surface area contributed by atoms with E-state index < -0.39 is 17.9 Å². The number of aliphatic carboxylic acids is 1. The summed E-state index contributed by atoms with van der Waals surface area (Å²) in [6.07, 6.45) is -0.216. The highest BCUT2D eigenvalue weighted by atomic mass is 35.5. The van der Waals surface area contributed by atoms with Crippen molar-refractivity contribution in [2.24, 2.45) is 0 Å². The first-order valence-corrected chi connectivity index (χ1v) is 9.03. The predicted octanol–water partition coefficient (Wildman–Crippen LogP) is 4.35. The number of hydrogen-bond donors (Lipinski definition) is 2. The molecule has 2 aromatic rings. The van der Waals surface area contributed by atoms with Gasteiger partial charge in [0.1, 0.15) is 5.75 Å². The Bertz CT molecular complexity index is 797. The fourth-order valence-electron chi connectivity index (χ4n) is 2.58. The second-order valence-corrected chi connectivity index (χ2v) is 7.72. The summed E-state index contributed by atoms with van der Waals surface area (Å²) in [5.41, 5.74) is 1.86. The Morgan fingerprint density at radius 3 is 2.30 bits per heavy atom. The van der Waals surface area contributed by atoms with Gasteiger partial charge in [0, 0.05) is 0 Å². The number of hydrogen-bond acceptors (Lipinski definition) is 3. The first kappa shape index (κ1) is 20.8. The van der Waals surface area contributed by atoms with Gasteiger partial charge in [-0.05, 0) is 28.7 Å². The van der Waals surface area contributed by atoms with Gasteiger partial charge in [-0.3, -0.25) is 9.59 Å². The molecule has 5 nitrogen and oxygen atoms in total. The smallest absolute Gasteiger partial charge is 0.305 e. The first-order chi connectivity index (χ1) is 12.7. The SMILES string of the molecule is CC(C)(C)c1ccc(C(CC(=O)O)NC(=O)COc2ccccc2Cl)cc1. The van der Waals surface area contributed by atoms with Crippen LogP contribution < -0.4 is 10.1 Å². The predicted molar refractivity (Wildman–Crippen MR) is 105 cm³/mol. The van der Waals surface area contributed by atoms with Crippen molar-refractivity contribution >= 4 is 23.5 Å². The van der Waals surface area contributed by atoms with Gasteiger partial charge in [0.2, 0.25) is 0 Å². The van der Waals surface area contributed by atoms with Gasteiger partial charge in [-0.1, -0.05) is 68.8 Å². The average Bonchev–Trinajstić information content (AvgIpc) is 2.59. The van der Waals surface area contributed by atoms with Crippen molar-refractivity contribution in [3.8, 4) is 5.75 Å². The zero-order chi connectivity index (χ0) is 20.0. The quantitative estimate of drug-likeness (QED) is 0.738. The lowest BCUT2D eigenvalue weighted by molar-refractivity contribution is -0.137. The van der Waals surface area contributed by atoms with Crippen LogP contribution >= 0.6 is 11.6 Å². The van der Waals surface area contributed by atoms with Crippen LogP contribution in [0.2, 0.25) is 5.02 Å². The Kier molecular flexibility index (Phi) is 6.86. The minimum absolute atomic E-state index is 0.00708. The zero-order valence-electron chi connectivity index (χ0n) is 15.7. The molecule has 0 aliphatic heterocycles. The van der Waals surface area contributed by atoms with E-state index in [2.05, 4.69) is 26.1 Å². The summed E-state index contributed by atoms with van der Waals surface area (Å²) in [7, 11) is 0. The number of carbonyl (C=O) groups is 2. The molecule has 2 N–H and O–H groups in total. The number of rotatable bonds is 7. The summed E-state index contributed by atoms with van der Waals surface area (Å²) in [6.45, 7) is 6.06. The second kappa shape index (κ2) is 8.91. The molecule has 0 spiro atoms. The minimum Gasteiger partial charge on any atom is -0.482 e. The summed E-state index contributed by atoms with van der Waals surface area (Å²) in [5.74, 6) is -1.01. The molecule has 0 radical (unpaired) electrons. The normalized spacial score (nSPS) is 12.3. The molecule has 0 bridgehead atoms. The molecule has 1 atom stereocenters. The van der Waals surface area contributed by atoms with E-state index in [4.69, 9.17) is 16.3 Å². The maximum atomic E-state index is 12.2. The number of amides is 1. The number of halogens is 1. The van der Waals surface area contributed by atoms with E-state index >= 15 is 0 Å². The number of nitrogens with one attached hydrogen (secondary N) is 1. The van der Waals surface area contributed by atoms with E-state index in [1.807, 2.05) is 24.3 Å². The van der Waals surface area contributed by atoms with E-state index in [9.17, 15) is 14.7 Å². The van der Waals surface area contributed by atoms with Crippen LogP contribution in [0.3, 0.4) is 0 Å². The van der Waals surface area contributed by atoms with Crippen LogP contribution in [-0.4, -0.2) is 23.6 Å². The third-order valence-electron chi connectivity index (χ3n) is 4.09. The van der Waals surface area contributed by atoms with Crippen LogP contribution in [0.25, 0.3) is 0 Å². The van der Waals surface area contributed by atoms with Crippen molar-refractivity contribution in [3.05, 3.63) is 64.7 Å². The van der Waals surface area contributed by atoms with Crippen molar-refractivity contribution in [2.45, 2.75) is 38.6 Å². The van der Waals surface area contributed by atoms with Crippen molar-refractivity contribution in [3.63, 3.8) is 0 Å². The van der Waals surface area contributed by atoms with Gasteiger partial charge < -0.3 is 15.2 Å². The van der Waals surface area contributed by atoms with Crippen LogP contribution in [0, 0.1) is 0 Å². The zero-order valence-corrected chi connectivity index (χ0v) is 16.4. The lowest BCUT2D eigenvalue weighted by Crippen LogP contribution is -2.34. The molecule has 0 saturated carbocycles. The molecular formula is C21H24ClNO4. The van der Waals surface area contributed by atoms with Crippen LogP contribution in [0.4, 0.5) is 0 Å².